The van der Waals surface area contributed by atoms with E-state index in [-0.39, 0.29) is 18.0 Å². The predicted molar refractivity (Wildman–Crippen MR) is 155 cm³/mol. The van der Waals surface area contributed by atoms with Gasteiger partial charge in [-0.25, -0.2) is 0 Å². The summed E-state index contributed by atoms with van der Waals surface area (Å²) in [7, 11) is 0. The van der Waals surface area contributed by atoms with Crippen molar-refractivity contribution in [2.45, 2.75) is 39.3 Å². The van der Waals surface area contributed by atoms with Gasteiger partial charge in [-0.15, -0.1) is 0 Å². The third kappa shape index (κ3) is 5.04. The number of furan rings is 1. The van der Waals surface area contributed by atoms with Crippen LogP contribution in [0.4, 0.5) is 11.4 Å². The molecule has 188 valence electrons. The Balaban J connectivity index is 1.57. The molecule has 2 aromatic heterocycles. The van der Waals surface area contributed by atoms with E-state index in [1.165, 1.54) is 5.56 Å². The zero-order valence-electron chi connectivity index (χ0n) is 20.8. The highest BCUT2D eigenvalue weighted by molar-refractivity contribution is 9.10. The van der Waals surface area contributed by atoms with Crippen LogP contribution in [0.5, 0.6) is 0 Å². The highest BCUT2D eigenvalue weighted by atomic mass is 79.9. The molecule has 4 aromatic rings. The van der Waals surface area contributed by atoms with Gasteiger partial charge in [0.1, 0.15) is 17.6 Å². The first-order chi connectivity index (χ1) is 17.9. The van der Waals surface area contributed by atoms with Gasteiger partial charge in [-0.1, -0.05) is 35.0 Å². The van der Waals surface area contributed by atoms with Crippen LogP contribution in [0, 0.1) is 13.8 Å². The lowest BCUT2D eigenvalue weighted by molar-refractivity contribution is -0.115. The van der Waals surface area contributed by atoms with Crippen LogP contribution in [-0.2, 0) is 4.79 Å². The number of nitrogens with one attached hydrogen (secondary N) is 2. The molecule has 8 heteroatoms. The van der Waals surface area contributed by atoms with Gasteiger partial charge < -0.3 is 20.0 Å². The maximum absolute atomic E-state index is 12.0. The highest BCUT2D eigenvalue weighted by Crippen LogP contribution is 2.44. The third-order valence-corrected chi connectivity index (χ3v) is 7.46. The fraction of sp³-hybridized carbons (Fsp3) is 0.207. The molecule has 2 aromatic carbocycles. The Morgan fingerprint density at radius 1 is 1.14 bits per heavy atom. The van der Waals surface area contributed by atoms with E-state index < -0.39 is 0 Å². The van der Waals surface area contributed by atoms with Crippen LogP contribution in [0.1, 0.15) is 48.0 Å². The second kappa shape index (κ2) is 10.5. The number of aryl methyl sites for hydroxylation is 2. The maximum atomic E-state index is 12.0. The van der Waals surface area contributed by atoms with Crippen molar-refractivity contribution in [3.8, 4) is 11.3 Å². The Bertz CT molecular complexity index is 1470. The molecule has 0 unspecified atom stereocenters. The minimum absolute atomic E-state index is 0.0207. The predicted octanol–water partition coefficient (Wildman–Crippen LogP) is 7.25. The van der Waals surface area contributed by atoms with Gasteiger partial charge in [-0.3, -0.25) is 9.78 Å². The molecule has 1 fully saturated rings. The van der Waals surface area contributed by atoms with Crippen LogP contribution in [0.3, 0.4) is 0 Å². The van der Waals surface area contributed by atoms with Crippen LogP contribution in [0.15, 0.2) is 81.8 Å². The van der Waals surface area contributed by atoms with Gasteiger partial charge in [-0.05, 0) is 91.8 Å². The standard InChI is InChI=1S/C29H27BrN4O2S/c1-4-26(35)32-22-11-9-19(16-18(22)3)34-28(27(33-29(34)37)23-7-5-6-14-31-23)25-13-12-24(36-25)20-10-8-17(2)15-21(20)30/h5-16,27-28H,4H2,1-3H3,(H,32,35)(H,33,37)/t27-,28+/m1/s1. The van der Waals surface area contributed by atoms with Gasteiger partial charge in [0.25, 0.3) is 0 Å². The van der Waals surface area contributed by atoms with Crippen LogP contribution >= 0.6 is 28.1 Å². The zero-order valence-corrected chi connectivity index (χ0v) is 23.2. The average molecular weight is 576 g/mol. The van der Waals surface area contributed by atoms with E-state index in [0.29, 0.717) is 11.5 Å². The van der Waals surface area contributed by atoms with Crippen LogP contribution in [0.25, 0.3) is 11.3 Å². The molecule has 0 saturated carbocycles. The van der Waals surface area contributed by atoms with Crippen molar-refractivity contribution >= 4 is 50.5 Å². The van der Waals surface area contributed by atoms with E-state index in [0.717, 1.165) is 44.2 Å². The summed E-state index contributed by atoms with van der Waals surface area (Å²) in [6.07, 6.45) is 2.21. The Hall–Kier alpha value is -3.49. The molecule has 3 heterocycles. The van der Waals surface area contributed by atoms with Gasteiger partial charge in [0, 0.05) is 34.0 Å². The summed E-state index contributed by atoms with van der Waals surface area (Å²) in [6.45, 7) is 5.87. The van der Waals surface area contributed by atoms with Crippen molar-refractivity contribution in [2.24, 2.45) is 0 Å². The zero-order chi connectivity index (χ0) is 26.1. The molecule has 0 aliphatic carbocycles. The fourth-order valence-electron chi connectivity index (χ4n) is 4.57. The molecule has 5 rings (SSSR count). The molecular formula is C29H27BrN4O2S. The smallest absolute Gasteiger partial charge is 0.224 e. The Labute approximate surface area is 230 Å². The third-order valence-electron chi connectivity index (χ3n) is 6.49. The van der Waals surface area contributed by atoms with Crippen LogP contribution < -0.4 is 15.5 Å². The van der Waals surface area contributed by atoms with Crippen molar-refractivity contribution in [1.29, 1.82) is 0 Å². The molecule has 37 heavy (non-hydrogen) atoms. The normalized spacial score (nSPS) is 17.1. The molecule has 2 atom stereocenters. The number of benzene rings is 2. The maximum Gasteiger partial charge on any atom is 0.224 e. The number of pyridine rings is 1. The first-order valence-electron chi connectivity index (χ1n) is 12.1. The number of halogens is 1. The molecule has 1 aliphatic heterocycles. The lowest BCUT2D eigenvalue weighted by Gasteiger charge is -2.27. The lowest BCUT2D eigenvalue weighted by atomic mass is 10.0. The van der Waals surface area contributed by atoms with Crippen molar-refractivity contribution in [3.05, 3.63) is 100.0 Å². The fourth-order valence-corrected chi connectivity index (χ4v) is 5.61. The number of thiocarbonyl (C=S) groups is 1. The number of hydrogen-bond acceptors (Lipinski definition) is 4. The summed E-state index contributed by atoms with van der Waals surface area (Å²) in [5.41, 5.74) is 5.67. The topological polar surface area (TPSA) is 70.4 Å². The largest absolute Gasteiger partial charge is 0.459 e. The highest BCUT2D eigenvalue weighted by Gasteiger charge is 2.42. The first kappa shape index (κ1) is 25.2. The summed E-state index contributed by atoms with van der Waals surface area (Å²) in [5.74, 6) is 1.52. The number of rotatable bonds is 6. The number of aromatic nitrogens is 1. The van der Waals surface area contributed by atoms with E-state index in [2.05, 4.69) is 61.6 Å². The van der Waals surface area contributed by atoms with Crippen LogP contribution in [0.2, 0.25) is 0 Å². The van der Waals surface area contributed by atoms with Crippen LogP contribution in [-0.4, -0.2) is 16.0 Å². The SMILES string of the molecule is CCC(=O)Nc1ccc(N2C(=S)N[C@H](c3ccccn3)[C@@H]2c2ccc(-c3ccc(C)cc3Br)o2)cc1C. The quantitative estimate of drug-likeness (QED) is 0.236. The van der Waals surface area contributed by atoms with Crippen molar-refractivity contribution in [3.63, 3.8) is 0 Å². The Kier molecular flexibility index (Phi) is 7.13. The minimum atomic E-state index is -0.268. The van der Waals surface area contributed by atoms with E-state index in [9.17, 15) is 4.79 Å². The van der Waals surface area contributed by atoms with E-state index >= 15 is 0 Å². The van der Waals surface area contributed by atoms with Crippen molar-refractivity contribution in [1.82, 2.24) is 10.3 Å². The average Bonchev–Trinajstić information content (AvgIpc) is 3.50. The molecule has 2 N–H and O–H groups in total. The van der Waals surface area contributed by atoms with Gasteiger partial charge in [-0.2, -0.15) is 0 Å². The second-order valence-corrected chi connectivity index (χ2v) is 10.3. The number of carbonyl (C=O) groups excluding carboxylic acids is 1. The van der Waals surface area contributed by atoms with Gasteiger partial charge in [0.15, 0.2) is 5.11 Å². The van der Waals surface area contributed by atoms with Gasteiger partial charge in [0.05, 0.1) is 11.7 Å². The molecule has 0 spiro atoms. The summed E-state index contributed by atoms with van der Waals surface area (Å²) in [5, 5.41) is 7.01. The first-order valence-corrected chi connectivity index (χ1v) is 13.3. The number of anilines is 2. The van der Waals surface area contributed by atoms with E-state index in [4.69, 9.17) is 16.6 Å². The van der Waals surface area contributed by atoms with E-state index in [1.54, 1.807) is 6.20 Å². The molecule has 1 saturated heterocycles. The molecule has 0 radical (unpaired) electrons. The molecule has 1 aliphatic rings. The summed E-state index contributed by atoms with van der Waals surface area (Å²) in [6, 6.07) is 21.5. The molecule has 1 amide bonds. The monoisotopic (exact) mass is 574 g/mol. The Morgan fingerprint density at radius 2 is 1.97 bits per heavy atom. The van der Waals surface area contributed by atoms with Gasteiger partial charge >= 0.3 is 0 Å². The van der Waals surface area contributed by atoms with E-state index in [1.807, 2.05) is 62.4 Å². The molecular weight excluding hydrogens is 548 g/mol. The summed E-state index contributed by atoms with van der Waals surface area (Å²) < 4.78 is 7.47. The molecule has 6 nitrogen and oxygen atoms in total. The summed E-state index contributed by atoms with van der Waals surface area (Å²) in [4.78, 5) is 18.6. The summed E-state index contributed by atoms with van der Waals surface area (Å²) >= 11 is 9.52. The molecule has 0 bridgehead atoms. The minimum Gasteiger partial charge on any atom is -0.459 e. The second-order valence-electron chi connectivity index (χ2n) is 9.08. The number of hydrogen-bond donors (Lipinski definition) is 2. The van der Waals surface area contributed by atoms with Crippen molar-refractivity contribution in [2.75, 3.05) is 10.2 Å². The van der Waals surface area contributed by atoms with Gasteiger partial charge in [0.2, 0.25) is 5.91 Å². The lowest BCUT2D eigenvalue weighted by Crippen LogP contribution is -2.29. The number of amides is 1. The number of nitrogens with zero attached hydrogens (tertiary/aromatic N) is 2. The van der Waals surface area contributed by atoms with Crippen molar-refractivity contribution < 1.29 is 9.21 Å². The Morgan fingerprint density at radius 3 is 2.68 bits per heavy atom. The number of carbonyl (C=O) groups is 1.